The molecule has 0 unspecified atom stereocenters. The molecule has 0 aromatic heterocycles. The van der Waals surface area contributed by atoms with Gasteiger partial charge in [-0.2, -0.15) is 0 Å². The smallest absolute Gasteiger partial charge is 0.305 e. The Morgan fingerprint density at radius 1 is 0.672 bits per heavy atom. The summed E-state index contributed by atoms with van der Waals surface area (Å²) < 4.78 is 0. The number of nitrogens with one attached hydrogen (secondary N) is 7. The molecule has 2 aromatic carbocycles. The van der Waals surface area contributed by atoms with E-state index in [1.54, 1.807) is 44.2 Å². The van der Waals surface area contributed by atoms with Crippen molar-refractivity contribution in [3.63, 3.8) is 0 Å². The first kappa shape index (κ1) is 53.2. The Morgan fingerprint density at radius 2 is 1.25 bits per heavy atom. The number of guanidine groups is 1. The molecule has 0 fully saturated rings. The summed E-state index contributed by atoms with van der Waals surface area (Å²) in [5, 5.41) is 46.7. The number of carboxylic acids is 1. The number of aliphatic carboxylic acids is 1. The van der Waals surface area contributed by atoms with Crippen molar-refractivity contribution in [2.45, 2.75) is 88.6 Å². The minimum atomic E-state index is -1.82. The fraction of sp³-hybridized carbons (Fsp3) is 0.500. The molecule has 64 heavy (non-hydrogen) atoms. The van der Waals surface area contributed by atoms with Crippen molar-refractivity contribution in [2.75, 3.05) is 32.8 Å². The van der Waals surface area contributed by atoms with E-state index in [1.807, 2.05) is 12.1 Å². The molecular formula is C40H60N12O12. The Kier molecular flexibility index (Phi) is 22.6. The highest BCUT2D eigenvalue weighted by molar-refractivity contribution is 5.99. The van der Waals surface area contributed by atoms with Gasteiger partial charge in [-0.25, -0.2) is 0 Å². The van der Waals surface area contributed by atoms with Crippen LogP contribution in [-0.2, 0) is 49.6 Å². The lowest BCUT2D eigenvalue weighted by molar-refractivity contribution is -0.141. The molecule has 24 nitrogen and oxygen atoms in total. The zero-order valence-corrected chi connectivity index (χ0v) is 35.6. The SMILES string of the molecule is CC(C)[C@H](NC(=O)[C@H](CO)NC(=O)[C@H](CC(N)=O)NC(=O)[C@H](Cc1ccc2ccccc2c1)NC(=O)[C@H](CC(=O)O)NC(=O)[C@@H](N)CCCN=C(N)N)C(=O)NCC(=O)NCCCO. The predicted octanol–water partition coefficient (Wildman–Crippen LogP) is -5.20. The van der Waals surface area contributed by atoms with Crippen LogP contribution in [0.1, 0.15) is 51.5 Å². The van der Waals surface area contributed by atoms with Crippen molar-refractivity contribution in [1.29, 1.82) is 0 Å². The number of rotatable bonds is 28. The van der Waals surface area contributed by atoms with Gasteiger partial charge in [0.2, 0.25) is 47.3 Å². The number of primary amides is 1. The molecule has 18 N–H and O–H groups in total. The summed E-state index contributed by atoms with van der Waals surface area (Å²) in [5.41, 5.74) is 22.5. The zero-order valence-electron chi connectivity index (χ0n) is 35.6. The van der Waals surface area contributed by atoms with Crippen molar-refractivity contribution in [3.8, 4) is 0 Å². The summed E-state index contributed by atoms with van der Waals surface area (Å²) in [6, 6.07) is 2.96. The van der Waals surface area contributed by atoms with E-state index in [0.29, 0.717) is 12.0 Å². The van der Waals surface area contributed by atoms with Crippen LogP contribution < -0.4 is 60.2 Å². The van der Waals surface area contributed by atoms with Crippen LogP contribution in [0.15, 0.2) is 47.5 Å². The number of carboxylic acid groups (broad SMARTS) is 1. The van der Waals surface area contributed by atoms with Crippen LogP contribution in [0.3, 0.4) is 0 Å². The number of nitrogens with zero attached hydrogens (tertiary/aromatic N) is 1. The van der Waals surface area contributed by atoms with Crippen molar-refractivity contribution in [3.05, 3.63) is 48.0 Å². The fourth-order valence-electron chi connectivity index (χ4n) is 5.98. The Hall–Kier alpha value is -6.92. The van der Waals surface area contributed by atoms with Gasteiger partial charge in [0.05, 0.1) is 32.0 Å². The van der Waals surface area contributed by atoms with Gasteiger partial charge in [0.25, 0.3) is 0 Å². The topological polar surface area (TPSA) is 415 Å². The first-order valence-electron chi connectivity index (χ1n) is 20.3. The Labute approximate surface area is 368 Å². The maximum absolute atomic E-state index is 14.1. The molecule has 0 radical (unpaired) electrons. The normalized spacial score (nSPS) is 13.7. The third-order valence-electron chi connectivity index (χ3n) is 9.38. The third kappa shape index (κ3) is 19.0. The Balaban J connectivity index is 2.35. The number of hydrogen-bond donors (Lipinski definition) is 14. The second-order valence-corrected chi connectivity index (χ2v) is 15.0. The van der Waals surface area contributed by atoms with Crippen molar-refractivity contribution in [1.82, 2.24) is 37.2 Å². The monoisotopic (exact) mass is 900 g/mol. The Morgan fingerprint density at radius 3 is 1.84 bits per heavy atom. The van der Waals surface area contributed by atoms with E-state index < -0.39 is 121 Å². The van der Waals surface area contributed by atoms with Crippen LogP contribution in [0.5, 0.6) is 0 Å². The van der Waals surface area contributed by atoms with Crippen LogP contribution in [-0.4, -0.2) is 144 Å². The second kappa shape index (κ2) is 27.2. The van der Waals surface area contributed by atoms with Crippen molar-refractivity contribution >= 4 is 70.0 Å². The number of fused-ring (bicyclic) bond motifs is 1. The van der Waals surface area contributed by atoms with Crippen molar-refractivity contribution < 1.29 is 58.5 Å². The van der Waals surface area contributed by atoms with Gasteiger partial charge in [0.15, 0.2) is 5.96 Å². The number of carbonyl (C=O) groups excluding carboxylic acids is 8. The summed E-state index contributed by atoms with van der Waals surface area (Å²) in [5.74, 6) is -9.97. The first-order valence-corrected chi connectivity index (χ1v) is 20.3. The second-order valence-electron chi connectivity index (χ2n) is 15.0. The standard InChI is InChI=1S/C40H60N12O12/c1-21(2)33(39(64)47-19-31(56)45-13-6-14-53)52-38(63)29(20-54)51-36(61)27(17-30(42)55)50-35(60)26(16-22-10-11-23-7-3-4-8-24(23)15-22)49-37(62)28(18-32(57)58)48-34(59)25(41)9-5-12-46-40(43)44/h3-4,7-8,10-11,15,21,25-29,33,53-54H,5-6,9,12-14,16-20,41H2,1-2H3,(H2,42,55)(H,45,56)(H,47,64)(H,48,59)(H,49,62)(H,50,60)(H,51,61)(H,52,63)(H,57,58)(H4,43,44,46)/t25-,26-,27-,28-,29-,33-/m0/s1. The third-order valence-corrected chi connectivity index (χ3v) is 9.38. The number of nitrogens with two attached hydrogens (primary N) is 4. The highest BCUT2D eigenvalue weighted by Gasteiger charge is 2.34. The van der Waals surface area contributed by atoms with E-state index in [9.17, 15) is 53.4 Å². The van der Waals surface area contributed by atoms with Crippen LogP contribution >= 0.6 is 0 Å². The molecule has 352 valence electrons. The molecule has 0 heterocycles. The number of amides is 8. The number of carbonyl (C=O) groups is 9. The fourth-order valence-corrected chi connectivity index (χ4v) is 5.98. The van der Waals surface area contributed by atoms with Gasteiger partial charge in [-0.1, -0.05) is 56.3 Å². The maximum Gasteiger partial charge on any atom is 0.305 e. The molecule has 2 aromatic rings. The first-order chi connectivity index (χ1) is 30.2. The lowest BCUT2D eigenvalue weighted by Crippen LogP contribution is -2.61. The van der Waals surface area contributed by atoms with E-state index in [-0.39, 0.29) is 44.9 Å². The molecule has 24 heteroatoms. The minimum Gasteiger partial charge on any atom is -0.481 e. The lowest BCUT2D eigenvalue weighted by atomic mass is 10.00. The van der Waals surface area contributed by atoms with Crippen LogP contribution in [0, 0.1) is 5.92 Å². The average molecular weight is 901 g/mol. The molecule has 0 aliphatic heterocycles. The molecule has 0 aliphatic carbocycles. The molecule has 0 saturated carbocycles. The van der Waals surface area contributed by atoms with Gasteiger partial charge in [0.1, 0.15) is 30.2 Å². The van der Waals surface area contributed by atoms with Crippen LogP contribution in [0.25, 0.3) is 10.8 Å². The largest absolute Gasteiger partial charge is 0.481 e. The highest BCUT2D eigenvalue weighted by Crippen LogP contribution is 2.17. The molecule has 6 atom stereocenters. The summed E-state index contributed by atoms with van der Waals surface area (Å²) in [6.07, 6.45) is -1.42. The molecule has 0 spiro atoms. The van der Waals surface area contributed by atoms with E-state index in [1.165, 1.54) is 0 Å². The molecule has 8 amide bonds. The molecule has 2 rings (SSSR count). The summed E-state index contributed by atoms with van der Waals surface area (Å²) in [6.45, 7) is 1.84. The number of aliphatic imine (C=N–C) groups is 1. The summed E-state index contributed by atoms with van der Waals surface area (Å²) in [7, 11) is 0. The summed E-state index contributed by atoms with van der Waals surface area (Å²) in [4.78, 5) is 120. The van der Waals surface area contributed by atoms with Gasteiger partial charge < -0.3 is 75.5 Å². The van der Waals surface area contributed by atoms with E-state index in [2.05, 4.69) is 42.2 Å². The molecule has 0 aliphatic rings. The number of aliphatic hydroxyl groups is 2. The van der Waals surface area contributed by atoms with E-state index in [0.717, 1.165) is 10.8 Å². The lowest BCUT2D eigenvalue weighted by Gasteiger charge is -2.27. The number of benzene rings is 2. The minimum absolute atomic E-state index is 0.0557. The molecular weight excluding hydrogens is 841 g/mol. The van der Waals surface area contributed by atoms with Crippen LogP contribution in [0.2, 0.25) is 0 Å². The number of aliphatic hydroxyl groups excluding tert-OH is 2. The Bertz CT molecular complexity index is 1990. The van der Waals surface area contributed by atoms with Gasteiger partial charge in [-0.05, 0) is 41.5 Å². The van der Waals surface area contributed by atoms with Gasteiger partial charge >= 0.3 is 5.97 Å². The zero-order chi connectivity index (χ0) is 47.9. The summed E-state index contributed by atoms with van der Waals surface area (Å²) >= 11 is 0. The van der Waals surface area contributed by atoms with Gasteiger partial charge in [-0.15, -0.1) is 0 Å². The number of hydrogen-bond acceptors (Lipinski definition) is 13. The van der Waals surface area contributed by atoms with E-state index in [4.69, 9.17) is 28.0 Å². The molecule has 0 saturated heterocycles. The molecule has 0 bridgehead atoms. The van der Waals surface area contributed by atoms with E-state index >= 15 is 0 Å². The maximum atomic E-state index is 14.1. The van der Waals surface area contributed by atoms with Gasteiger partial charge in [0, 0.05) is 26.1 Å². The van der Waals surface area contributed by atoms with Crippen molar-refractivity contribution in [2.24, 2.45) is 33.8 Å². The predicted molar refractivity (Wildman–Crippen MR) is 231 cm³/mol. The quantitative estimate of drug-likeness (QED) is 0.0216. The highest BCUT2D eigenvalue weighted by atomic mass is 16.4. The average Bonchev–Trinajstić information content (AvgIpc) is 3.23. The van der Waals surface area contributed by atoms with Crippen LogP contribution in [0.4, 0.5) is 0 Å². The van der Waals surface area contributed by atoms with Gasteiger partial charge in [-0.3, -0.25) is 48.1 Å².